The van der Waals surface area contributed by atoms with Crippen molar-refractivity contribution in [3.8, 4) is 0 Å². The predicted octanol–water partition coefficient (Wildman–Crippen LogP) is 0.167. The summed E-state index contributed by atoms with van der Waals surface area (Å²) < 4.78 is 21.9. The molecule has 0 fully saturated rings. The van der Waals surface area contributed by atoms with Crippen molar-refractivity contribution in [2.24, 2.45) is 0 Å². The molecule has 0 aliphatic rings. The fourth-order valence-electron chi connectivity index (χ4n) is 0.109. The smallest absolute Gasteiger partial charge is 0.320 e. The third kappa shape index (κ3) is 4.10. The van der Waals surface area contributed by atoms with Gasteiger partial charge in [0.1, 0.15) is 9.68 Å². The van der Waals surface area contributed by atoms with Gasteiger partial charge in [-0.15, -0.1) is 0 Å². The summed E-state index contributed by atoms with van der Waals surface area (Å²) in [6.07, 6.45) is 0. The number of nitrogens with one attached hydrogen (secondary N) is 1. The fraction of sp³-hybridized carbons (Fsp3) is 1.00. The normalized spacial score (nSPS) is 8.50. The Morgan fingerprint density at radius 3 is 2.17 bits per heavy atom. The van der Waals surface area contributed by atoms with Crippen molar-refractivity contribution in [1.29, 1.82) is 0 Å². The topological polar surface area (TPSA) is 12.0 Å². The van der Waals surface area contributed by atoms with Gasteiger partial charge in [-0.3, -0.25) is 8.63 Å². The van der Waals surface area contributed by atoms with E-state index in [4.69, 9.17) is 0 Å². The summed E-state index contributed by atoms with van der Waals surface area (Å²) >= 11 is 0. The molecular formula is CH4BF2NSi. The monoisotopic (exact) mass is 107 g/mol. The Hall–Kier alpha value is 0.102. The van der Waals surface area contributed by atoms with Gasteiger partial charge in [-0.25, -0.2) is 0 Å². The molecule has 0 atom stereocenters. The van der Waals surface area contributed by atoms with Crippen LogP contribution in [0.1, 0.15) is 0 Å². The van der Waals surface area contributed by atoms with Crippen LogP contribution in [0.4, 0.5) is 8.63 Å². The van der Waals surface area contributed by atoms with Crippen LogP contribution in [-0.4, -0.2) is 17.1 Å². The van der Waals surface area contributed by atoms with Crippen LogP contribution >= 0.6 is 0 Å². The van der Waals surface area contributed by atoms with Crippen LogP contribution in [0.5, 0.6) is 0 Å². The van der Waals surface area contributed by atoms with Gasteiger partial charge in [0.15, 0.2) is 0 Å². The molecule has 0 heterocycles. The van der Waals surface area contributed by atoms with Gasteiger partial charge in [-0.2, -0.15) is 0 Å². The molecule has 0 rings (SSSR count). The minimum Gasteiger partial charge on any atom is -0.320 e. The zero-order valence-corrected chi connectivity index (χ0v) is 4.33. The lowest BCUT2D eigenvalue weighted by atomic mass is 10.3. The molecule has 0 amide bonds. The van der Waals surface area contributed by atoms with E-state index in [1.807, 2.05) is 4.89 Å². The van der Waals surface area contributed by atoms with Crippen molar-refractivity contribution in [1.82, 2.24) is 4.89 Å². The maximum Gasteiger partial charge on any atom is 0.626 e. The summed E-state index contributed by atoms with van der Waals surface area (Å²) in [5.41, 5.74) is 0. The Balaban J connectivity index is 2.63. The minimum atomic E-state index is -2.34. The highest BCUT2D eigenvalue weighted by atomic mass is 28.2. The lowest BCUT2D eigenvalue weighted by Crippen LogP contribution is -2.26. The van der Waals surface area contributed by atoms with Crippen molar-refractivity contribution in [2.45, 2.75) is 6.55 Å². The van der Waals surface area contributed by atoms with E-state index in [2.05, 4.69) is 0 Å². The van der Waals surface area contributed by atoms with Crippen LogP contribution in [0.2, 0.25) is 6.55 Å². The maximum atomic E-state index is 10.9. The van der Waals surface area contributed by atoms with Gasteiger partial charge in [0.05, 0.1) is 0 Å². The molecule has 6 heavy (non-hydrogen) atoms. The average molecular weight is 107 g/mol. The van der Waals surface area contributed by atoms with Gasteiger partial charge >= 0.3 is 7.40 Å². The van der Waals surface area contributed by atoms with Gasteiger partial charge in [-0.1, -0.05) is 6.55 Å². The van der Waals surface area contributed by atoms with Crippen molar-refractivity contribution >= 4 is 17.1 Å². The third-order valence-corrected chi connectivity index (χ3v) is 0.760. The molecule has 0 aromatic heterocycles. The molecule has 0 bridgehead atoms. The second-order valence-electron chi connectivity index (χ2n) is 0.695. The lowest BCUT2D eigenvalue weighted by molar-refractivity contribution is 0.649. The summed E-state index contributed by atoms with van der Waals surface area (Å²) in [7, 11) is -2.20. The van der Waals surface area contributed by atoms with Crippen LogP contribution in [0.15, 0.2) is 0 Å². The number of halogens is 2. The molecule has 0 saturated heterocycles. The first-order chi connectivity index (χ1) is 2.77. The highest BCUT2D eigenvalue weighted by molar-refractivity contribution is 6.54. The number of rotatable bonds is 2. The average Bonchev–Trinajstić information content (AvgIpc) is 1.35. The Bertz CT molecular complexity index is 34.7. The van der Waals surface area contributed by atoms with Gasteiger partial charge in [0.25, 0.3) is 0 Å². The molecular weight excluding hydrogens is 103 g/mol. The Morgan fingerprint density at radius 2 is 2.17 bits per heavy atom. The summed E-state index contributed by atoms with van der Waals surface area (Å²) in [4.78, 5) is 1.90. The lowest BCUT2D eigenvalue weighted by Gasteiger charge is -1.85. The van der Waals surface area contributed by atoms with Crippen LogP contribution < -0.4 is 4.89 Å². The first-order valence-corrected chi connectivity index (χ1v) is 2.98. The van der Waals surface area contributed by atoms with Crippen LogP contribution in [-0.2, 0) is 0 Å². The first-order valence-electron chi connectivity index (χ1n) is 1.48. The molecule has 1 N–H and O–H groups in total. The van der Waals surface area contributed by atoms with E-state index >= 15 is 0 Å². The van der Waals surface area contributed by atoms with E-state index in [1.54, 1.807) is 6.55 Å². The largest absolute Gasteiger partial charge is 0.626 e. The quantitative estimate of drug-likeness (QED) is 0.496. The Labute approximate surface area is 38.2 Å². The first kappa shape index (κ1) is 6.10. The zero-order chi connectivity index (χ0) is 4.99. The van der Waals surface area contributed by atoms with E-state index in [9.17, 15) is 8.63 Å². The molecule has 0 spiro atoms. The summed E-state index contributed by atoms with van der Waals surface area (Å²) in [5, 5.41) is 0. The van der Waals surface area contributed by atoms with E-state index < -0.39 is 7.40 Å². The van der Waals surface area contributed by atoms with Crippen molar-refractivity contribution in [3.63, 3.8) is 0 Å². The van der Waals surface area contributed by atoms with Crippen molar-refractivity contribution in [3.05, 3.63) is 0 Å². The number of hydrogen-bond donors (Lipinski definition) is 1. The highest BCUT2D eigenvalue weighted by Crippen LogP contribution is 1.73. The Morgan fingerprint density at radius 1 is 1.67 bits per heavy atom. The summed E-state index contributed by atoms with van der Waals surface area (Å²) in [6, 6.07) is 0. The van der Waals surface area contributed by atoms with Gasteiger partial charge in [0.2, 0.25) is 0 Å². The zero-order valence-electron chi connectivity index (χ0n) is 3.33. The second kappa shape index (κ2) is 3.30. The molecule has 5 heteroatoms. The van der Waals surface area contributed by atoms with E-state index in [1.165, 1.54) is 0 Å². The maximum absolute atomic E-state index is 10.9. The summed E-state index contributed by atoms with van der Waals surface area (Å²) in [6.45, 7) is 1.66. The van der Waals surface area contributed by atoms with Gasteiger partial charge in [0, 0.05) is 0 Å². The van der Waals surface area contributed by atoms with Crippen molar-refractivity contribution in [2.75, 3.05) is 0 Å². The predicted molar refractivity (Wildman–Crippen MR) is 22.7 cm³/mol. The second-order valence-corrected chi connectivity index (χ2v) is 1.48. The highest BCUT2D eigenvalue weighted by Gasteiger charge is 2.07. The van der Waals surface area contributed by atoms with Crippen LogP contribution in [0.25, 0.3) is 0 Å². The SMILES string of the molecule is C[Si]NB(F)F. The Kier molecular flexibility index (Phi) is 3.35. The third-order valence-electron chi connectivity index (χ3n) is 0.253. The molecule has 2 radical (unpaired) electrons. The molecule has 0 aromatic rings. The fourth-order valence-corrected chi connectivity index (χ4v) is 0.327. The molecule has 34 valence electrons. The molecule has 0 aromatic carbocycles. The van der Waals surface area contributed by atoms with Gasteiger partial charge < -0.3 is 4.89 Å². The molecule has 0 unspecified atom stereocenters. The minimum absolute atomic E-state index is 0.138. The molecule has 0 saturated carbocycles. The van der Waals surface area contributed by atoms with E-state index in [-0.39, 0.29) is 9.68 Å². The molecule has 1 nitrogen and oxygen atoms in total. The molecule has 0 aliphatic heterocycles. The van der Waals surface area contributed by atoms with Crippen LogP contribution in [0, 0.1) is 0 Å². The summed E-state index contributed by atoms with van der Waals surface area (Å²) in [5.74, 6) is 0. The van der Waals surface area contributed by atoms with Crippen LogP contribution in [0.3, 0.4) is 0 Å². The standard InChI is InChI=1S/CH4BF2NSi/c1-6-5-2(3)4/h5H,1H3. The van der Waals surface area contributed by atoms with Crippen molar-refractivity contribution < 1.29 is 8.63 Å². The van der Waals surface area contributed by atoms with Gasteiger partial charge in [-0.05, 0) is 0 Å². The van der Waals surface area contributed by atoms with E-state index in [0.29, 0.717) is 0 Å². The van der Waals surface area contributed by atoms with E-state index in [0.717, 1.165) is 0 Å². The number of hydrogen-bond acceptors (Lipinski definition) is 1. The molecule has 0 aliphatic carbocycles.